The maximum Gasteiger partial charge on any atom is 0.228 e. The summed E-state index contributed by atoms with van der Waals surface area (Å²) in [7, 11) is 0. The van der Waals surface area contributed by atoms with Crippen molar-refractivity contribution in [2.75, 3.05) is 10.6 Å². The van der Waals surface area contributed by atoms with Crippen LogP contribution in [0.5, 0.6) is 0 Å². The van der Waals surface area contributed by atoms with E-state index in [-0.39, 0.29) is 0 Å². The molecule has 0 fully saturated rings. The number of anilines is 2. The summed E-state index contributed by atoms with van der Waals surface area (Å²) in [4.78, 5) is 18.4. The second-order valence-electron chi connectivity index (χ2n) is 2.61. The summed E-state index contributed by atoms with van der Waals surface area (Å²) in [6.07, 6.45) is 7.24. The number of nitrogens with zero attached hydrogens (tertiary/aromatic N) is 2. The van der Waals surface area contributed by atoms with Gasteiger partial charge >= 0.3 is 0 Å². The molecule has 5 heteroatoms. The molecule has 2 N–H and O–H groups in total. The van der Waals surface area contributed by atoms with Gasteiger partial charge in [0, 0.05) is 11.8 Å². The van der Waals surface area contributed by atoms with Gasteiger partial charge in [-0.15, -0.1) is 0 Å². The Morgan fingerprint density at radius 3 is 2.87 bits per heavy atom. The van der Waals surface area contributed by atoms with Crippen molar-refractivity contribution in [2.45, 2.75) is 6.92 Å². The maximum atomic E-state index is 10.3. The van der Waals surface area contributed by atoms with E-state index in [1.54, 1.807) is 18.5 Å². The van der Waals surface area contributed by atoms with Crippen molar-refractivity contribution in [3.63, 3.8) is 0 Å². The third-order valence-corrected chi connectivity index (χ3v) is 1.61. The zero-order valence-electron chi connectivity index (χ0n) is 8.40. The van der Waals surface area contributed by atoms with Gasteiger partial charge in [0.15, 0.2) is 0 Å². The Balaban J connectivity index is 2.98. The van der Waals surface area contributed by atoms with Crippen LogP contribution in [0.2, 0.25) is 0 Å². The lowest BCUT2D eigenvalue weighted by Gasteiger charge is -2.05. The van der Waals surface area contributed by atoms with E-state index in [4.69, 9.17) is 0 Å². The Morgan fingerprint density at radius 2 is 2.27 bits per heavy atom. The molecule has 1 aromatic rings. The monoisotopic (exact) mass is 204 g/mol. The van der Waals surface area contributed by atoms with E-state index in [9.17, 15) is 4.79 Å². The summed E-state index contributed by atoms with van der Waals surface area (Å²) in [6.45, 7) is 5.47. The quantitative estimate of drug-likeness (QED) is 0.715. The predicted octanol–water partition coefficient (Wildman–Crippen LogP) is 1.63. The summed E-state index contributed by atoms with van der Waals surface area (Å²) < 4.78 is 0. The molecule has 1 amide bonds. The van der Waals surface area contributed by atoms with Crippen LogP contribution in [-0.4, -0.2) is 16.4 Å². The molecular weight excluding hydrogens is 192 g/mol. The van der Waals surface area contributed by atoms with E-state index in [0.717, 1.165) is 0 Å². The highest BCUT2D eigenvalue weighted by molar-refractivity contribution is 5.75. The molecule has 0 radical (unpaired) electrons. The molecule has 1 heterocycles. The van der Waals surface area contributed by atoms with Crippen LogP contribution in [-0.2, 0) is 4.79 Å². The van der Waals surface area contributed by atoms with Crippen molar-refractivity contribution in [3.05, 3.63) is 30.6 Å². The van der Waals surface area contributed by atoms with Crippen LogP contribution in [0.1, 0.15) is 12.5 Å². The fourth-order valence-corrected chi connectivity index (χ4v) is 0.939. The number of nitrogens with one attached hydrogen (secondary N) is 2. The zero-order chi connectivity index (χ0) is 11.1. The van der Waals surface area contributed by atoms with Crippen LogP contribution in [0.15, 0.2) is 25.1 Å². The third-order valence-electron chi connectivity index (χ3n) is 1.61. The Kier molecular flexibility index (Phi) is 4.03. The molecule has 1 aromatic heterocycles. The number of carbonyl (C=O) groups is 1. The minimum Gasteiger partial charge on any atom is -0.331 e. The molecule has 0 aliphatic carbocycles. The minimum absolute atomic E-state index is 0.419. The third kappa shape index (κ3) is 2.91. The second kappa shape index (κ2) is 5.54. The standard InChI is InChI=1S/C10H12N4O/c1-3-5-11-10-12-6-8(4-2)9(14-10)13-7-15/h3-7H,2H2,1H3,(H2,11,12,13,14,15)/b5-3+. The molecule has 0 atom stereocenters. The summed E-state index contributed by atoms with van der Waals surface area (Å²) in [5, 5.41) is 5.33. The number of amides is 1. The average Bonchev–Trinajstić information content (AvgIpc) is 2.27. The van der Waals surface area contributed by atoms with Gasteiger partial charge in [-0.25, -0.2) is 4.98 Å². The fraction of sp³-hybridized carbons (Fsp3) is 0.100. The lowest BCUT2D eigenvalue weighted by Crippen LogP contribution is -2.03. The maximum absolute atomic E-state index is 10.3. The molecule has 15 heavy (non-hydrogen) atoms. The number of rotatable bonds is 5. The summed E-state index contributed by atoms with van der Waals surface area (Å²) in [5.41, 5.74) is 0.674. The zero-order valence-corrected chi connectivity index (χ0v) is 8.40. The molecule has 1 rings (SSSR count). The van der Waals surface area contributed by atoms with Gasteiger partial charge in [-0.1, -0.05) is 18.7 Å². The van der Waals surface area contributed by atoms with Crippen LogP contribution in [0.25, 0.3) is 6.08 Å². The van der Waals surface area contributed by atoms with E-state index in [2.05, 4.69) is 27.2 Å². The van der Waals surface area contributed by atoms with Crippen LogP contribution >= 0.6 is 0 Å². The largest absolute Gasteiger partial charge is 0.331 e. The molecule has 0 aliphatic rings. The molecule has 5 nitrogen and oxygen atoms in total. The molecular formula is C10H12N4O. The lowest BCUT2D eigenvalue weighted by atomic mass is 10.3. The van der Waals surface area contributed by atoms with Gasteiger partial charge in [0.25, 0.3) is 0 Å². The highest BCUT2D eigenvalue weighted by Crippen LogP contribution is 2.13. The van der Waals surface area contributed by atoms with Crippen LogP contribution in [0, 0.1) is 0 Å². The van der Waals surface area contributed by atoms with E-state index in [0.29, 0.717) is 23.7 Å². The smallest absolute Gasteiger partial charge is 0.228 e. The van der Waals surface area contributed by atoms with Crippen LogP contribution < -0.4 is 10.6 Å². The molecule has 0 aliphatic heterocycles. The van der Waals surface area contributed by atoms with Crippen molar-refractivity contribution in [3.8, 4) is 0 Å². The SMILES string of the molecule is C=Cc1cnc(N/C=C/C)nc1NC=O. The topological polar surface area (TPSA) is 66.9 Å². The van der Waals surface area contributed by atoms with Crippen molar-refractivity contribution < 1.29 is 4.79 Å². The first kappa shape index (κ1) is 10.9. The number of carbonyl (C=O) groups excluding carboxylic acids is 1. The Bertz CT molecular complexity index is 387. The Labute approximate surface area is 87.9 Å². The Morgan fingerprint density at radius 1 is 1.47 bits per heavy atom. The van der Waals surface area contributed by atoms with E-state index < -0.39 is 0 Å². The van der Waals surface area contributed by atoms with Crippen molar-refractivity contribution >= 4 is 24.3 Å². The average molecular weight is 204 g/mol. The van der Waals surface area contributed by atoms with Gasteiger partial charge in [-0.3, -0.25) is 4.79 Å². The molecule has 0 unspecified atom stereocenters. The van der Waals surface area contributed by atoms with E-state index >= 15 is 0 Å². The molecule has 78 valence electrons. The van der Waals surface area contributed by atoms with Gasteiger partial charge in [0.05, 0.1) is 0 Å². The number of allylic oxidation sites excluding steroid dienone is 1. The van der Waals surface area contributed by atoms with Crippen LogP contribution in [0.3, 0.4) is 0 Å². The summed E-state index contributed by atoms with van der Waals surface area (Å²) >= 11 is 0. The van der Waals surface area contributed by atoms with E-state index in [1.165, 1.54) is 0 Å². The first-order chi connectivity index (χ1) is 7.31. The first-order valence-electron chi connectivity index (χ1n) is 4.39. The molecule has 0 aromatic carbocycles. The van der Waals surface area contributed by atoms with Crippen molar-refractivity contribution in [2.24, 2.45) is 0 Å². The van der Waals surface area contributed by atoms with Gasteiger partial charge < -0.3 is 10.6 Å². The van der Waals surface area contributed by atoms with Crippen molar-refractivity contribution in [1.82, 2.24) is 9.97 Å². The molecule has 0 saturated heterocycles. The minimum atomic E-state index is 0.419. The van der Waals surface area contributed by atoms with Gasteiger partial charge in [0.1, 0.15) is 5.82 Å². The molecule has 0 spiro atoms. The number of hydrogen-bond donors (Lipinski definition) is 2. The highest BCUT2D eigenvalue weighted by atomic mass is 16.1. The van der Waals surface area contributed by atoms with E-state index in [1.807, 2.05) is 13.0 Å². The molecule has 0 bridgehead atoms. The second-order valence-corrected chi connectivity index (χ2v) is 2.61. The first-order valence-corrected chi connectivity index (χ1v) is 4.39. The van der Waals surface area contributed by atoms with Crippen LogP contribution in [0.4, 0.5) is 11.8 Å². The number of hydrogen-bond acceptors (Lipinski definition) is 4. The van der Waals surface area contributed by atoms with Gasteiger partial charge in [-0.2, -0.15) is 4.98 Å². The molecule has 0 saturated carbocycles. The fourth-order valence-electron chi connectivity index (χ4n) is 0.939. The Hall–Kier alpha value is -2.17. The summed E-state index contributed by atoms with van der Waals surface area (Å²) in [6, 6.07) is 0. The van der Waals surface area contributed by atoms with Crippen molar-refractivity contribution in [1.29, 1.82) is 0 Å². The lowest BCUT2D eigenvalue weighted by molar-refractivity contribution is -0.105. The normalized spacial score (nSPS) is 9.93. The van der Waals surface area contributed by atoms with Gasteiger partial charge in [0.2, 0.25) is 12.4 Å². The summed E-state index contributed by atoms with van der Waals surface area (Å²) in [5.74, 6) is 0.852. The van der Waals surface area contributed by atoms with Gasteiger partial charge in [-0.05, 0) is 13.1 Å². The predicted molar refractivity (Wildman–Crippen MR) is 60.2 cm³/mol. The highest BCUT2D eigenvalue weighted by Gasteiger charge is 2.02. The number of aromatic nitrogens is 2.